The van der Waals surface area contributed by atoms with Crippen LogP contribution < -0.4 is 10.6 Å². The molecule has 0 radical (unpaired) electrons. The van der Waals surface area contributed by atoms with Gasteiger partial charge in [-0.15, -0.1) is 11.3 Å². The Morgan fingerprint density at radius 1 is 1.03 bits per heavy atom. The van der Waals surface area contributed by atoms with Crippen LogP contribution in [0.3, 0.4) is 0 Å². The number of benzene rings is 2. The number of nitrogens with one attached hydrogen (secondary N) is 2. The van der Waals surface area contributed by atoms with Crippen LogP contribution in [0, 0.1) is 6.92 Å². The molecule has 9 heteroatoms. The Kier molecular flexibility index (Phi) is 5.60. The third-order valence-electron chi connectivity index (χ3n) is 4.29. The van der Waals surface area contributed by atoms with Gasteiger partial charge in [-0.2, -0.15) is 0 Å². The molecule has 150 valence electrons. The number of para-hydroxylation sites is 1. The Hall–Kier alpha value is -3.49. The Bertz CT molecular complexity index is 1220. The zero-order valence-corrected chi connectivity index (χ0v) is 17.3. The van der Waals surface area contributed by atoms with Crippen LogP contribution in [0.25, 0.3) is 11.3 Å². The molecule has 0 saturated carbocycles. The van der Waals surface area contributed by atoms with Gasteiger partial charge in [-0.25, -0.2) is 4.98 Å². The lowest BCUT2D eigenvalue weighted by Crippen LogP contribution is -2.19. The van der Waals surface area contributed by atoms with Gasteiger partial charge in [-0.1, -0.05) is 47.1 Å². The number of amides is 2. The first-order valence-electron chi connectivity index (χ1n) is 8.87. The molecule has 2 aromatic heterocycles. The van der Waals surface area contributed by atoms with Crippen LogP contribution in [0.2, 0.25) is 5.02 Å². The van der Waals surface area contributed by atoms with E-state index in [1.807, 2.05) is 0 Å². The predicted molar refractivity (Wildman–Crippen MR) is 116 cm³/mol. The summed E-state index contributed by atoms with van der Waals surface area (Å²) in [5.74, 6) is -0.500. The largest absolute Gasteiger partial charge is 0.360 e. The van der Waals surface area contributed by atoms with Gasteiger partial charge in [0.25, 0.3) is 11.8 Å². The van der Waals surface area contributed by atoms with Crippen molar-refractivity contribution >= 4 is 45.6 Å². The molecule has 4 aromatic rings. The molecular weight excluding hydrogens is 424 g/mol. The van der Waals surface area contributed by atoms with Crippen LogP contribution in [-0.2, 0) is 0 Å². The van der Waals surface area contributed by atoms with Gasteiger partial charge in [0, 0.05) is 17.1 Å². The van der Waals surface area contributed by atoms with E-state index in [1.54, 1.807) is 67.0 Å². The van der Waals surface area contributed by atoms with Crippen molar-refractivity contribution in [1.82, 2.24) is 10.1 Å². The Labute approximate surface area is 180 Å². The highest BCUT2D eigenvalue weighted by molar-refractivity contribution is 7.13. The molecule has 2 N–H and O–H groups in total. The molecule has 0 bridgehead atoms. The maximum atomic E-state index is 13.1. The second-order valence-corrected chi connectivity index (χ2v) is 7.54. The minimum atomic E-state index is -0.460. The van der Waals surface area contributed by atoms with Crippen molar-refractivity contribution < 1.29 is 14.1 Å². The third kappa shape index (κ3) is 3.96. The zero-order valence-electron chi connectivity index (χ0n) is 15.7. The van der Waals surface area contributed by atoms with E-state index in [9.17, 15) is 9.59 Å². The number of carbonyl (C=O) groups excluding carboxylic acids is 2. The molecule has 0 unspecified atom stereocenters. The number of nitrogens with zero attached hydrogens (tertiary/aromatic N) is 2. The molecule has 0 aliphatic rings. The number of thiazole rings is 1. The first-order chi connectivity index (χ1) is 14.5. The molecule has 0 spiro atoms. The average molecular weight is 439 g/mol. The predicted octanol–water partition coefficient (Wildman–Crippen LogP) is 5.26. The summed E-state index contributed by atoms with van der Waals surface area (Å²) in [6.07, 6.45) is 1.60. The van der Waals surface area contributed by atoms with Crippen molar-refractivity contribution in [3.8, 4) is 11.3 Å². The van der Waals surface area contributed by atoms with E-state index in [1.165, 1.54) is 11.3 Å². The molecule has 7 nitrogen and oxygen atoms in total. The van der Waals surface area contributed by atoms with E-state index < -0.39 is 5.91 Å². The van der Waals surface area contributed by atoms with E-state index in [2.05, 4.69) is 20.8 Å². The lowest BCUT2D eigenvalue weighted by Gasteiger charge is -2.11. The minimum Gasteiger partial charge on any atom is -0.360 e. The van der Waals surface area contributed by atoms with E-state index in [0.29, 0.717) is 38.4 Å². The number of rotatable bonds is 5. The molecule has 30 heavy (non-hydrogen) atoms. The van der Waals surface area contributed by atoms with Gasteiger partial charge in [0.1, 0.15) is 17.0 Å². The molecular formula is C21H15ClN4O3S. The van der Waals surface area contributed by atoms with E-state index >= 15 is 0 Å². The lowest BCUT2D eigenvalue weighted by atomic mass is 10.0. The van der Waals surface area contributed by atoms with Crippen LogP contribution in [-0.4, -0.2) is 22.0 Å². The quantitative estimate of drug-likeness (QED) is 0.442. The normalized spacial score (nSPS) is 10.6. The number of aryl methyl sites for hydroxylation is 1. The van der Waals surface area contributed by atoms with Gasteiger partial charge in [0.15, 0.2) is 5.13 Å². The maximum Gasteiger partial charge on any atom is 0.261 e. The number of carbonyl (C=O) groups is 2. The lowest BCUT2D eigenvalue weighted by molar-refractivity contribution is 0.102. The van der Waals surface area contributed by atoms with Crippen molar-refractivity contribution in [3.05, 3.63) is 82.0 Å². The van der Waals surface area contributed by atoms with Gasteiger partial charge < -0.3 is 9.84 Å². The molecule has 2 amide bonds. The third-order valence-corrected chi connectivity index (χ3v) is 5.31. The highest BCUT2D eigenvalue weighted by Crippen LogP contribution is 2.31. The van der Waals surface area contributed by atoms with Gasteiger partial charge in [0.05, 0.1) is 16.3 Å². The highest BCUT2D eigenvalue weighted by Gasteiger charge is 2.24. The number of halogens is 1. The monoisotopic (exact) mass is 438 g/mol. The smallest absolute Gasteiger partial charge is 0.261 e. The Morgan fingerprint density at radius 3 is 2.57 bits per heavy atom. The summed E-state index contributed by atoms with van der Waals surface area (Å²) in [4.78, 5) is 29.8. The van der Waals surface area contributed by atoms with Crippen LogP contribution >= 0.6 is 22.9 Å². The first kappa shape index (κ1) is 19.8. The maximum absolute atomic E-state index is 13.1. The Balaban J connectivity index is 1.64. The van der Waals surface area contributed by atoms with Crippen molar-refractivity contribution in [2.75, 3.05) is 10.6 Å². The standard InChI is InChI=1S/C21H15ClN4O3S/c1-12-17(18(26-29-12)13-6-2-4-8-15(13)22)20(28)24-16-9-5-3-7-14(16)19(27)25-21-23-10-11-30-21/h2-11H,1H3,(H,24,28)(H,23,25,27). The van der Waals surface area contributed by atoms with Crippen LogP contribution in [0.1, 0.15) is 26.5 Å². The molecule has 0 aliphatic carbocycles. The summed E-state index contributed by atoms with van der Waals surface area (Å²) in [5.41, 5.74) is 1.81. The highest BCUT2D eigenvalue weighted by atomic mass is 35.5. The number of hydrogen-bond acceptors (Lipinski definition) is 6. The van der Waals surface area contributed by atoms with Crippen LogP contribution in [0.15, 0.2) is 64.6 Å². The fourth-order valence-corrected chi connectivity index (χ4v) is 3.65. The van der Waals surface area contributed by atoms with Crippen molar-refractivity contribution in [1.29, 1.82) is 0 Å². The fraction of sp³-hybridized carbons (Fsp3) is 0.0476. The summed E-state index contributed by atoms with van der Waals surface area (Å²) in [5, 5.41) is 12.2. The van der Waals surface area contributed by atoms with Gasteiger partial charge in [-0.05, 0) is 25.1 Å². The number of anilines is 2. The Morgan fingerprint density at radius 2 is 1.80 bits per heavy atom. The van der Waals surface area contributed by atoms with Crippen LogP contribution in [0.5, 0.6) is 0 Å². The molecule has 0 saturated heterocycles. The van der Waals surface area contributed by atoms with Crippen molar-refractivity contribution in [3.63, 3.8) is 0 Å². The molecule has 0 aliphatic heterocycles. The van der Waals surface area contributed by atoms with Gasteiger partial charge in [0.2, 0.25) is 0 Å². The average Bonchev–Trinajstić information content (AvgIpc) is 3.38. The zero-order chi connectivity index (χ0) is 21.1. The van der Waals surface area contributed by atoms with E-state index in [-0.39, 0.29) is 11.5 Å². The second kappa shape index (κ2) is 8.48. The van der Waals surface area contributed by atoms with Gasteiger partial charge in [-0.3, -0.25) is 14.9 Å². The number of hydrogen-bond donors (Lipinski definition) is 2. The summed E-state index contributed by atoms with van der Waals surface area (Å²) >= 11 is 7.57. The summed E-state index contributed by atoms with van der Waals surface area (Å²) in [6.45, 7) is 1.64. The van der Waals surface area contributed by atoms with E-state index in [0.717, 1.165) is 0 Å². The number of aromatic nitrogens is 2. The topological polar surface area (TPSA) is 97.1 Å². The second-order valence-electron chi connectivity index (χ2n) is 6.23. The van der Waals surface area contributed by atoms with Crippen molar-refractivity contribution in [2.45, 2.75) is 6.92 Å². The summed E-state index contributed by atoms with van der Waals surface area (Å²) < 4.78 is 5.26. The van der Waals surface area contributed by atoms with E-state index in [4.69, 9.17) is 16.1 Å². The molecule has 0 fully saturated rings. The first-order valence-corrected chi connectivity index (χ1v) is 10.1. The molecule has 2 heterocycles. The van der Waals surface area contributed by atoms with Crippen molar-refractivity contribution in [2.24, 2.45) is 0 Å². The fourth-order valence-electron chi connectivity index (χ4n) is 2.90. The molecule has 4 rings (SSSR count). The molecule has 2 aromatic carbocycles. The minimum absolute atomic E-state index is 0.248. The SMILES string of the molecule is Cc1onc(-c2ccccc2Cl)c1C(=O)Nc1ccccc1C(=O)Nc1nccs1. The summed E-state index contributed by atoms with van der Waals surface area (Å²) in [6, 6.07) is 13.8. The van der Waals surface area contributed by atoms with Crippen LogP contribution in [0.4, 0.5) is 10.8 Å². The molecule has 0 atom stereocenters. The summed E-state index contributed by atoms with van der Waals surface area (Å²) in [7, 11) is 0. The van der Waals surface area contributed by atoms with Gasteiger partial charge >= 0.3 is 0 Å².